The smallest absolute Gasteiger partial charge is 0.862 e. The van der Waals surface area contributed by atoms with Gasteiger partial charge in [0.25, 0.3) is 0 Å². The van der Waals surface area contributed by atoms with Crippen molar-refractivity contribution in [3.05, 3.63) is 0 Å². The summed E-state index contributed by atoms with van der Waals surface area (Å²) in [6, 6.07) is 0. The van der Waals surface area contributed by atoms with Crippen LogP contribution in [0.2, 0.25) is 0 Å². The van der Waals surface area contributed by atoms with E-state index in [1.54, 1.807) is 0 Å². The number of hydrogen-bond donors (Lipinski definition) is 1. The van der Waals surface area contributed by atoms with Gasteiger partial charge < -0.3 is 19.9 Å². The first kappa shape index (κ1) is 24.2. The van der Waals surface area contributed by atoms with Gasteiger partial charge in [0.2, 0.25) is 0 Å². The Morgan fingerprint density at radius 3 is 2.14 bits per heavy atom. The van der Waals surface area contributed by atoms with E-state index in [2.05, 4.69) is 11.9 Å². The number of nitrogens with zero attached hydrogens (tertiary/aromatic N) is 1. The summed E-state index contributed by atoms with van der Waals surface area (Å²) in [5, 5.41) is 19.8. The molecular weight excluding hydrogens is 293 g/mol. The van der Waals surface area contributed by atoms with Gasteiger partial charge in [0.15, 0.2) is 0 Å². The second-order valence-corrected chi connectivity index (χ2v) is 5.30. The monoisotopic (exact) mass is 323 g/mol. The van der Waals surface area contributed by atoms with E-state index in [-0.39, 0.29) is 55.2 Å². The zero-order valence-electron chi connectivity index (χ0n) is 14.3. The third kappa shape index (κ3) is 19.9. The van der Waals surface area contributed by atoms with Crippen LogP contribution < -0.4 is 34.7 Å². The molecule has 0 saturated heterocycles. The molecule has 0 fully saturated rings. The molecule has 0 aromatic heterocycles. The molecule has 0 aliphatic heterocycles. The summed E-state index contributed by atoms with van der Waals surface area (Å²) in [6.07, 6.45) is 11.5. The summed E-state index contributed by atoms with van der Waals surface area (Å²) in [6.45, 7) is 2.33. The molecule has 0 aromatic rings. The predicted octanol–water partition coefficient (Wildman–Crippen LogP) is -0.229. The van der Waals surface area contributed by atoms with Crippen molar-refractivity contribution in [2.24, 2.45) is 4.99 Å². The Kier molecular flexibility index (Phi) is 20.8. The minimum absolute atomic E-state index is 0. The Hall–Kier alpha value is -0.100. The molecule has 22 heavy (non-hydrogen) atoms. The number of carboxylic acids is 1. The number of hydrogen-bond acceptors (Lipinski definition) is 4. The molecule has 5 nitrogen and oxygen atoms in total. The third-order valence-electron chi connectivity index (χ3n) is 3.24. The second-order valence-electron chi connectivity index (χ2n) is 5.30. The fourth-order valence-corrected chi connectivity index (χ4v) is 2.06. The molecular formula is C16H30NNaO4. The van der Waals surface area contributed by atoms with Crippen molar-refractivity contribution < 1.29 is 49.3 Å². The molecule has 0 saturated carbocycles. The van der Waals surface area contributed by atoms with Crippen LogP contribution in [0.5, 0.6) is 0 Å². The molecule has 0 radical (unpaired) electrons. The molecule has 124 valence electrons. The fourth-order valence-electron chi connectivity index (χ4n) is 2.06. The van der Waals surface area contributed by atoms with Crippen LogP contribution in [-0.4, -0.2) is 36.7 Å². The van der Waals surface area contributed by atoms with Gasteiger partial charge in [0.05, 0.1) is 13.2 Å². The van der Waals surface area contributed by atoms with Gasteiger partial charge in [-0.05, 0) is 18.7 Å². The minimum Gasteiger partial charge on any atom is -0.862 e. The van der Waals surface area contributed by atoms with Gasteiger partial charge in [-0.3, -0.25) is 0 Å². The van der Waals surface area contributed by atoms with Crippen molar-refractivity contribution >= 4 is 11.9 Å². The quantitative estimate of drug-likeness (QED) is 0.195. The maximum atomic E-state index is 11.4. The van der Waals surface area contributed by atoms with Gasteiger partial charge in [-0.25, -0.2) is 4.79 Å². The molecule has 6 heteroatoms. The van der Waals surface area contributed by atoms with E-state index in [1.807, 2.05) is 0 Å². The number of carboxylic acid groups (broad SMARTS) is 1. The minimum atomic E-state index is -1.00. The van der Waals surface area contributed by atoms with Crippen LogP contribution in [0.3, 0.4) is 0 Å². The predicted molar refractivity (Wildman–Crippen MR) is 82.6 cm³/mol. The third-order valence-corrected chi connectivity index (χ3v) is 3.24. The van der Waals surface area contributed by atoms with Crippen molar-refractivity contribution in [3.8, 4) is 0 Å². The van der Waals surface area contributed by atoms with E-state index < -0.39 is 5.97 Å². The van der Waals surface area contributed by atoms with Gasteiger partial charge >= 0.3 is 35.5 Å². The van der Waals surface area contributed by atoms with Crippen molar-refractivity contribution in [1.29, 1.82) is 0 Å². The molecule has 1 N–H and O–H groups in total. The summed E-state index contributed by atoms with van der Waals surface area (Å²) >= 11 is 0. The summed E-state index contributed by atoms with van der Waals surface area (Å²) in [7, 11) is 0. The molecule has 0 aliphatic carbocycles. The topological polar surface area (TPSA) is 82.0 Å². The van der Waals surface area contributed by atoms with Crippen LogP contribution in [0.25, 0.3) is 0 Å². The molecule has 0 bridgehead atoms. The molecule has 0 aromatic carbocycles. The number of unbranched alkanes of at least 4 members (excludes halogenated alkanes) is 8. The maximum Gasteiger partial charge on any atom is 1.00 e. The average molecular weight is 323 g/mol. The van der Waals surface area contributed by atoms with Gasteiger partial charge in [-0.1, -0.05) is 58.3 Å². The molecule has 0 unspecified atom stereocenters. The maximum absolute atomic E-state index is 11.4. The number of aliphatic carboxylic acids is 1. The number of aliphatic imine (C=N–C) groups is 1. The summed E-state index contributed by atoms with van der Waals surface area (Å²) < 4.78 is 4.80. The van der Waals surface area contributed by atoms with Crippen molar-refractivity contribution in [1.82, 2.24) is 0 Å². The Bertz CT molecular complexity index is 285. The van der Waals surface area contributed by atoms with E-state index in [1.165, 1.54) is 44.9 Å². The van der Waals surface area contributed by atoms with Crippen LogP contribution in [0.4, 0.5) is 0 Å². The van der Waals surface area contributed by atoms with E-state index in [0.717, 1.165) is 12.8 Å². The summed E-state index contributed by atoms with van der Waals surface area (Å²) in [5.74, 6) is -1.10. The average Bonchev–Trinajstić information content (AvgIpc) is 2.45. The Morgan fingerprint density at radius 1 is 1.05 bits per heavy atom. The summed E-state index contributed by atoms with van der Waals surface area (Å²) in [4.78, 5) is 14.0. The van der Waals surface area contributed by atoms with Crippen molar-refractivity contribution in [2.75, 3.05) is 19.8 Å². The molecule has 0 atom stereocenters. The van der Waals surface area contributed by atoms with Crippen LogP contribution in [0, 0.1) is 0 Å². The van der Waals surface area contributed by atoms with E-state index in [4.69, 9.17) is 9.84 Å². The van der Waals surface area contributed by atoms with Gasteiger partial charge in [0.1, 0.15) is 6.61 Å². The second kappa shape index (κ2) is 18.9. The van der Waals surface area contributed by atoms with Crippen LogP contribution in [0.15, 0.2) is 4.99 Å². The first-order chi connectivity index (χ1) is 10.2. The molecule has 0 aliphatic rings. The molecule has 0 spiro atoms. The Labute approximate surface area is 156 Å². The van der Waals surface area contributed by atoms with Crippen molar-refractivity contribution in [2.45, 2.75) is 71.1 Å². The number of carbonyl (C=O) groups is 1. The SMILES string of the molecule is CCCCCCCCCCCC([O-])=NCCOCC(=O)O.[Na+]. The Balaban J connectivity index is 0. The van der Waals surface area contributed by atoms with Crippen LogP contribution in [-0.2, 0) is 9.53 Å². The largest absolute Gasteiger partial charge is 1.00 e. The summed E-state index contributed by atoms with van der Waals surface area (Å²) in [5.41, 5.74) is 0. The molecule has 0 amide bonds. The first-order valence-corrected chi connectivity index (χ1v) is 8.16. The van der Waals surface area contributed by atoms with Gasteiger partial charge in [-0.15, -0.1) is 0 Å². The van der Waals surface area contributed by atoms with Crippen LogP contribution in [0.1, 0.15) is 71.1 Å². The zero-order chi connectivity index (χ0) is 15.8. The van der Waals surface area contributed by atoms with E-state index in [0.29, 0.717) is 6.42 Å². The van der Waals surface area contributed by atoms with Crippen molar-refractivity contribution in [3.63, 3.8) is 0 Å². The van der Waals surface area contributed by atoms with Crippen LogP contribution >= 0.6 is 0 Å². The van der Waals surface area contributed by atoms with Gasteiger partial charge in [-0.2, -0.15) is 0 Å². The first-order valence-electron chi connectivity index (χ1n) is 8.16. The Morgan fingerprint density at radius 2 is 1.59 bits per heavy atom. The number of ether oxygens (including phenoxy) is 1. The van der Waals surface area contributed by atoms with Gasteiger partial charge in [0, 0.05) is 0 Å². The van der Waals surface area contributed by atoms with E-state index >= 15 is 0 Å². The number of rotatable bonds is 15. The zero-order valence-corrected chi connectivity index (χ0v) is 16.3. The molecule has 0 heterocycles. The standard InChI is InChI=1S/C16H31NO4.Na/c1-2-3-4-5-6-7-8-9-10-11-15(18)17-12-13-21-14-16(19)20;/h2-14H2,1H3,(H,17,18)(H,19,20);/q;+1/p-1. The normalized spacial score (nSPS) is 11.2. The van der Waals surface area contributed by atoms with E-state index in [9.17, 15) is 9.90 Å². The fraction of sp³-hybridized carbons (Fsp3) is 0.875. The molecule has 0 rings (SSSR count).